The van der Waals surface area contributed by atoms with Gasteiger partial charge in [0.15, 0.2) is 0 Å². The molecule has 6 nitrogen and oxygen atoms in total. The highest BCUT2D eigenvalue weighted by Crippen LogP contribution is 2.20. The highest BCUT2D eigenvalue weighted by molar-refractivity contribution is 7.92. The quantitative estimate of drug-likeness (QED) is 0.591. The lowest BCUT2D eigenvalue weighted by molar-refractivity contribution is 0.0950. The molecule has 0 aliphatic carbocycles. The molecular formula is C21H19ClN2O4S. The summed E-state index contributed by atoms with van der Waals surface area (Å²) in [5, 5.41) is 3.33. The number of hydrogen-bond donors (Lipinski definition) is 2. The van der Waals surface area contributed by atoms with Gasteiger partial charge in [-0.3, -0.25) is 9.52 Å². The Kier molecular flexibility index (Phi) is 6.41. The molecule has 3 rings (SSSR count). The zero-order valence-electron chi connectivity index (χ0n) is 15.6. The van der Waals surface area contributed by atoms with E-state index < -0.39 is 10.0 Å². The molecule has 0 radical (unpaired) electrons. The monoisotopic (exact) mass is 430 g/mol. The van der Waals surface area contributed by atoms with Crippen molar-refractivity contribution >= 4 is 33.2 Å². The Bertz CT molecular complexity index is 1120. The molecule has 150 valence electrons. The number of nitrogens with one attached hydrogen (secondary N) is 2. The first-order chi connectivity index (χ1) is 13.9. The van der Waals surface area contributed by atoms with E-state index in [0.717, 1.165) is 5.56 Å². The summed E-state index contributed by atoms with van der Waals surface area (Å²) in [5.41, 5.74) is 1.47. The Morgan fingerprint density at radius 2 is 1.72 bits per heavy atom. The summed E-state index contributed by atoms with van der Waals surface area (Å²) in [4.78, 5) is 12.4. The van der Waals surface area contributed by atoms with Crippen LogP contribution in [0.5, 0.6) is 5.75 Å². The van der Waals surface area contributed by atoms with Gasteiger partial charge in [0.2, 0.25) is 0 Å². The van der Waals surface area contributed by atoms with E-state index in [9.17, 15) is 13.2 Å². The van der Waals surface area contributed by atoms with E-state index >= 15 is 0 Å². The second-order valence-corrected chi connectivity index (χ2v) is 8.29. The molecule has 0 aliphatic heterocycles. The Hall–Kier alpha value is -3.03. The third-order valence-corrected chi connectivity index (χ3v) is 5.70. The molecule has 0 aliphatic rings. The summed E-state index contributed by atoms with van der Waals surface area (Å²) in [6.07, 6.45) is 0. The molecule has 0 aromatic heterocycles. The fourth-order valence-corrected chi connectivity index (χ4v) is 3.93. The van der Waals surface area contributed by atoms with E-state index in [4.69, 9.17) is 16.3 Å². The van der Waals surface area contributed by atoms with Crippen molar-refractivity contribution in [1.82, 2.24) is 5.32 Å². The number of halogens is 1. The van der Waals surface area contributed by atoms with Gasteiger partial charge in [-0.25, -0.2) is 8.42 Å². The van der Waals surface area contributed by atoms with Crippen molar-refractivity contribution < 1.29 is 17.9 Å². The first-order valence-corrected chi connectivity index (χ1v) is 10.5. The zero-order chi connectivity index (χ0) is 20.9. The molecule has 0 atom stereocenters. The fourth-order valence-electron chi connectivity index (χ4n) is 2.61. The average Bonchev–Trinajstić information content (AvgIpc) is 2.72. The minimum Gasteiger partial charge on any atom is -0.497 e. The standard InChI is InChI=1S/C21H19ClN2O4S/c1-28-19-10-8-18(9-11-19)24-29(26,27)20-7-3-5-16(13-20)21(25)23-14-15-4-2-6-17(22)12-15/h2-13,24H,14H2,1H3,(H,23,25). The minimum atomic E-state index is -3.85. The lowest BCUT2D eigenvalue weighted by Gasteiger charge is -2.10. The summed E-state index contributed by atoms with van der Waals surface area (Å²) in [6, 6.07) is 19.5. The third kappa shape index (κ3) is 5.49. The largest absolute Gasteiger partial charge is 0.497 e. The van der Waals surface area contributed by atoms with Gasteiger partial charge in [-0.1, -0.05) is 29.8 Å². The van der Waals surface area contributed by atoms with Crippen LogP contribution in [0, 0.1) is 0 Å². The second-order valence-electron chi connectivity index (χ2n) is 6.17. The number of carbonyl (C=O) groups excluding carboxylic acids is 1. The Balaban J connectivity index is 1.72. The molecule has 8 heteroatoms. The highest BCUT2D eigenvalue weighted by Gasteiger charge is 2.16. The summed E-state index contributed by atoms with van der Waals surface area (Å²) in [7, 11) is -2.32. The number of anilines is 1. The van der Waals surface area contributed by atoms with Crippen LogP contribution in [-0.4, -0.2) is 21.4 Å². The predicted molar refractivity (Wildman–Crippen MR) is 113 cm³/mol. The Morgan fingerprint density at radius 3 is 2.41 bits per heavy atom. The molecule has 29 heavy (non-hydrogen) atoms. The van der Waals surface area contributed by atoms with Crippen LogP contribution in [0.2, 0.25) is 5.02 Å². The van der Waals surface area contributed by atoms with Crippen molar-refractivity contribution in [3.8, 4) is 5.75 Å². The molecular weight excluding hydrogens is 412 g/mol. The van der Waals surface area contributed by atoms with Gasteiger partial charge in [0.1, 0.15) is 5.75 Å². The molecule has 0 spiro atoms. The Morgan fingerprint density at radius 1 is 1.00 bits per heavy atom. The fraction of sp³-hybridized carbons (Fsp3) is 0.0952. The van der Waals surface area contributed by atoms with Gasteiger partial charge in [-0.15, -0.1) is 0 Å². The smallest absolute Gasteiger partial charge is 0.261 e. The first kappa shape index (κ1) is 20.7. The molecule has 0 saturated carbocycles. The molecule has 3 aromatic rings. The van der Waals surface area contributed by atoms with Crippen molar-refractivity contribution in [2.24, 2.45) is 0 Å². The maximum absolute atomic E-state index is 12.7. The number of sulfonamides is 1. The van der Waals surface area contributed by atoms with Crippen LogP contribution in [-0.2, 0) is 16.6 Å². The van der Waals surface area contributed by atoms with E-state index in [1.165, 1.54) is 25.3 Å². The number of rotatable bonds is 7. The molecule has 0 bridgehead atoms. The van der Waals surface area contributed by atoms with Crippen LogP contribution in [0.3, 0.4) is 0 Å². The van der Waals surface area contributed by atoms with Gasteiger partial charge in [-0.2, -0.15) is 0 Å². The van der Waals surface area contributed by atoms with Crippen molar-refractivity contribution in [3.63, 3.8) is 0 Å². The number of methoxy groups -OCH3 is 1. The number of benzene rings is 3. The van der Waals surface area contributed by atoms with Gasteiger partial charge in [0.25, 0.3) is 15.9 Å². The van der Waals surface area contributed by atoms with Crippen LogP contribution in [0.1, 0.15) is 15.9 Å². The van der Waals surface area contributed by atoms with Gasteiger partial charge >= 0.3 is 0 Å². The van der Waals surface area contributed by atoms with Crippen molar-refractivity contribution in [1.29, 1.82) is 0 Å². The van der Waals surface area contributed by atoms with Crippen molar-refractivity contribution in [2.75, 3.05) is 11.8 Å². The normalized spacial score (nSPS) is 11.0. The number of amides is 1. The van der Waals surface area contributed by atoms with Gasteiger partial charge in [0, 0.05) is 22.8 Å². The first-order valence-electron chi connectivity index (χ1n) is 8.67. The molecule has 0 fully saturated rings. The number of ether oxygens (including phenoxy) is 1. The van der Waals surface area contributed by atoms with E-state index in [-0.39, 0.29) is 22.9 Å². The summed E-state index contributed by atoms with van der Waals surface area (Å²) >= 11 is 5.94. The molecule has 0 heterocycles. The SMILES string of the molecule is COc1ccc(NS(=O)(=O)c2cccc(C(=O)NCc3cccc(Cl)c3)c2)cc1. The van der Waals surface area contributed by atoms with Crippen LogP contribution in [0.4, 0.5) is 5.69 Å². The van der Waals surface area contributed by atoms with E-state index in [2.05, 4.69) is 10.0 Å². The van der Waals surface area contributed by atoms with Crippen LogP contribution in [0.25, 0.3) is 0 Å². The Labute approximate surface area is 174 Å². The van der Waals surface area contributed by atoms with E-state index in [0.29, 0.717) is 16.5 Å². The number of hydrogen-bond acceptors (Lipinski definition) is 4. The van der Waals surface area contributed by atoms with Gasteiger partial charge in [0.05, 0.1) is 12.0 Å². The van der Waals surface area contributed by atoms with Crippen LogP contribution >= 0.6 is 11.6 Å². The lowest BCUT2D eigenvalue weighted by Crippen LogP contribution is -2.23. The third-order valence-electron chi connectivity index (χ3n) is 4.09. The molecule has 3 aromatic carbocycles. The van der Waals surface area contributed by atoms with Crippen molar-refractivity contribution in [2.45, 2.75) is 11.4 Å². The van der Waals surface area contributed by atoms with Crippen molar-refractivity contribution in [3.05, 3.63) is 88.9 Å². The van der Waals surface area contributed by atoms with E-state index in [1.54, 1.807) is 48.5 Å². The van der Waals surface area contributed by atoms with E-state index in [1.807, 2.05) is 6.07 Å². The van der Waals surface area contributed by atoms with Gasteiger partial charge < -0.3 is 10.1 Å². The summed E-state index contributed by atoms with van der Waals surface area (Å²) in [5.74, 6) is 0.234. The summed E-state index contributed by atoms with van der Waals surface area (Å²) in [6.45, 7) is 0.278. The van der Waals surface area contributed by atoms with Crippen LogP contribution in [0.15, 0.2) is 77.7 Å². The average molecular weight is 431 g/mol. The maximum atomic E-state index is 12.7. The maximum Gasteiger partial charge on any atom is 0.261 e. The molecule has 1 amide bonds. The highest BCUT2D eigenvalue weighted by atomic mass is 35.5. The molecule has 0 saturated heterocycles. The molecule has 2 N–H and O–H groups in total. The minimum absolute atomic E-state index is 0.0104. The van der Waals surface area contributed by atoms with Crippen LogP contribution < -0.4 is 14.8 Å². The lowest BCUT2D eigenvalue weighted by atomic mass is 10.2. The predicted octanol–water partition coefficient (Wildman–Crippen LogP) is 4.08. The number of carbonyl (C=O) groups is 1. The summed E-state index contributed by atoms with van der Waals surface area (Å²) < 4.78 is 32.9. The topological polar surface area (TPSA) is 84.5 Å². The molecule has 0 unspecified atom stereocenters. The second kappa shape index (κ2) is 8.98. The zero-order valence-corrected chi connectivity index (χ0v) is 17.1. The van der Waals surface area contributed by atoms with Gasteiger partial charge in [-0.05, 0) is 60.2 Å².